The van der Waals surface area contributed by atoms with E-state index in [1.165, 1.54) is 25.0 Å². The third-order valence-electron chi connectivity index (χ3n) is 5.55. The Kier molecular flexibility index (Phi) is 12.0. The summed E-state index contributed by atoms with van der Waals surface area (Å²) in [6, 6.07) is -5.20. The fraction of sp³-hybridized carbons (Fsp3) is 0.455. The number of hydrogen-bond donors (Lipinski definition) is 10. The third kappa shape index (κ3) is 10.8. The largest absolute Gasteiger partial charge is 0.480 e. The quantitative estimate of drug-likeness (QED) is 0.0499. The molecule has 0 aliphatic rings. The molecule has 2 heterocycles. The molecule has 0 saturated carbocycles. The summed E-state index contributed by atoms with van der Waals surface area (Å²) in [5.74, 6) is -4.87. The molecule has 2 aromatic rings. The Hall–Kier alpha value is -5.00. The number of nitrogens with zero attached hydrogens (tertiary/aromatic N) is 3. The fourth-order valence-corrected chi connectivity index (χ4v) is 3.53. The number of carbonyl (C=O) groups is 5. The number of aromatic nitrogens is 4. The second-order valence-corrected chi connectivity index (χ2v) is 8.81. The summed E-state index contributed by atoms with van der Waals surface area (Å²) in [6.07, 6.45) is 5.30. The van der Waals surface area contributed by atoms with Crippen molar-refractivity contribution in [3.63, 3.8) is 0 Å². The van der Waals surface area contributed by atoms with E-state index in [0.717, 1.165) is 0 Å². The second kappa shape index (κ2) is 15.4. The number of H-pyrrole nitrogens is 2. The second-order valence-electron chi connectivity index (χ2n) is 8.81. The molecule has 218 valence electrons. The Bertz CT molecular complexity index is 1160. The van der Waals surface area contributed by atoms with Gasteiger partial charge in [0.05, 0.1) is 25.1 Å². The molecule has 0 aromatic carbocycles. The monoisotopic (exact) mass is 562 g/mol. The summed E-state index contributed by atoms with van der Waals surface area (Å²) in [4.78, 5) is 79.3. The van der Waals surface area contributed by atoms with Crippen LogP contribution in [-0.2, 0) is 36.8 Å². The van der Waals surface area contributed by atoms with Crippen molar-refractivity contribution in [1.29, 1.82) is 0 Å². The highest BCUT2D eigenvalue weighted by Gasteiger charge is 2.31. The molecule has 0 aliphatic carbocycles. The van der Waals surface area contributed by atoms with Gasteiger partial charge in [-0.2, -0.15) is 0 Å². The number of guanidine groups is 1. The minimum absolute atomic E-state index is 0.0687. The molecule has 40 heavy (non-hydrogen) atoms. The van der Waals surface area contributed by atoms with Crippen LogP contribution in [0.5, 0.6) is 0 Å². The van der Waals surface area contributed by atoms with Crippen molar-refractivity contribution in [3.05, 3.63) is 36.4 Å². The summed E-state index contributed by atoms with van der Waals surface area (Å²) in [6.45, 7) is 0.253. The number of nitrogens with one attached hydrogen (secondary N) is 5. The van der Waals surface area contributed by atoms with Gasteiger partial charge in [-0.1, -0.05) is 0 Å². The van der Waals surface area contributed by atoms with Crippen molar-refractivity contribution in [1.82, 2.24) is 35.9 Å². The molecule has 4 unspecified atom stereocenters. The molecule has 0 aliphatic heterocycles. The van der Waals surface area contributed by atoms with E-state index in [9.17, 15) is 29.1 Å². The van der Waals surface area contributed by atoms with E-state index in [0.29, 0.717) is 17.8 Å². The van der Waals surface area contributed by atoms with E-state index in [2.05, 4.69) is 40.9 Å². The smallest absolute Gasteiger partial charge is 0.326 e. The van der Waals surface area contributed by atoms with Gasteiger partial charge in [-0.15, -0.1) is 0 Å². The zero-order chi connectivity index (χ0) is 29.7. The number of aliphatic carboxylic acids is 1. The third-order valence-corrected chi connectivity index (χ3v) is 5.55. The molecule has 4 amide bonds. The van der Waals surface area contributed by atoms with Crippen molar-refractivity contribution < 1.29 is 29.1 Å². The maximum atomic E-state index is 13.2. The van der Waals surface area contributed by atoms with Crippen molar-refractivity contribution >= 4 is 35.6 Å². The molecule has 18 heteroatoms. The van der Waals surface area contributed by atoms with Crippen LogP contribution in [0.25, 0.3) is 0 Å². The van der Waals surface area contributed by atoms with Gasteiger partial charge in [0.1, 0.15) is 18.1 Å². The summed E-state index contributed by atoms with van der Waals surface area (Å²) in [5.41, 5.74) is 22.7. The number of aliphatic imine (C=N–C) groups is 1. The van der Waals surface area contributed by atoms with E-state index in [1.54, 1.807) is 0 Å². The Morgan fingerprint density at radius 1 is 0.850 bits per heavy atom. The molecular weight excluding hydrogens is 528 g/mol. The number of imidazole rings is 2. The van der Waals surface area contributed by atoms with Crippen LogP contribution in [0, 0.1) is 0 Å². The van der Waals surface area contributed by atoms with Crippen LogP contribution in [0.15, 0.2) is 30.0 Å². The van der Waals surface area contributed by atoms with E-state index < -0.39 is 60.2 Å². The van der Waals surface area contributed by atoms with Crippen LogP contribution in [-0.4, -0.2) is 91.3 Å². The van der Waals surface area contributed by atoms with E-state index >= 15 is 0 Å². The lowest BCUT2D eigenvalue weighted by molar-refractivity contribution is -0.142. The zero-order valence-corrected chi connectivity index (χ0v) is 21.5. The predicted octanol–water partition coefficient (Wildman–Crippen LogP) is -4.29. The average molecular weight is 563 g/mol. The van der Waals surface area contributed by atoms with Gasteiger partial charge in [0.15, 0.2) is 5.96 Å². The van der Waals surface area contributed by atoms with Crippen molar-refractivity contribution in [2.75, 3.05) is 6.54 Å². The molecule has 14 N–H and O–H groups in total. The molecular formula is C22H34N12O6. The van der Waals surface area contributed by atoms with Gasteiger partial charge in [0.25, 0.3) is 0 Å². The molecule has 0 radical (unpaired) electrons. The van der Waals surface area contributed by atoms with E-state index in [-0.39, 0.29) is 31.8 Å². The number of rotatable bonds is 17. The highest BCUT2D eigenvalue weighted by molar-refractivity contribution is 5.96. The van der Waals surface area contributed by atoms with Gasteiger partial charge in [-0.25, -0.2) is 14.8 Å². The number of primary amides is 1. The molecule has 4 atom stereocenters. The van der Waals surface area contributed by atoms with Crippen LogP contribution >= 0.6 is 0 Å². The lowest BCUT2D eigenvalue weighted by Gasteiger charge is -2.24. The van der Waals surface area contributed by atoms with Gasteiger partial charge in [-0.05, 0) is 12.8 Å². The number of amides is 4. The van der Waals surface area contributed by atoms with Crippen molar-refractivity contribution in [3.8, 4) is 0 Å². The highest BCUT2D eigenvalue weighted by atomic mass is 16.4. The first-order valence-corrected chi connectivity index (χ1v) is 12.1. The van der Waals surface area contributed by atoms with Crippen molar-refractivity contribution in [2.45, 2.75) is 56.3 Å². The number of carbonyl (C=O) groups excluding carboxylic acids is 4. The number of hydrogen-bond acceptors (Lipinski definition) is 9. The van der Waals surface area contributed by atoms with E-state index in [1.807, 2.05) is 0 Å². The first-order chi connectivity index (χ1) is 19.0. The van der Waals surface area contributed by atoms with E-state index in [4.69, 9.17) is 22.9 Å². The summed E-state index contributed by atoms with van der Waals surface area (Å²) >= 11 is 0. The lowest BCUT2D eigenvalue weighted by Crippen LogP contribution is -2.58. The summed E-state index contributed by atoms with van der Waals surface area (Å²) in [5, 5.41) is 16.7. The maximum Gasteiger partial charge on any atom is 0.326 e. The first kappa shape index (κ1) is 31.2. The Morgan fingerprint density at radius 3 is 1.88 bits per heavy atom. The number of carboxylic acids is 1. The topological polar surface area (TPSA) is 315 Å². The number of aromatic amines is 2. The minimum atomic E-state index is -1.54. The zero-order valence-electron chi connectivity index (χ0n) is 21.5. The van der Waals surface area contributed by atoms with Gasteiger partial charge >= 0.3 is 5.97 Å². The summed E-state index contributed by atoms with van der Waals surface area (Å²) < 4.78 is 0. The normalized spacial score (nSPS) is 13.7. The lowest BCUT2D eigenvalue weighted by atomic mass is 10.1. The molecule has 0 spiro atoms. The number of nitrogens with two attached hydrogens (primary N) is 4. The molecule has 0 saturated heterocycles. The van der Waals surface area contributed by atoms with Crippen LogP contribution in [0.2, 0.25) is 0 Å². The summed E-state index contributed by atoms with van der Waals surface area (Å²) in [7, 11) is 0. The molecule has 0 fully saturated rings. The van der Waals surface area contributed by atoms with Gasteiger partial charge in [0, 0.05) is 43.2 Å². The van der Waals surface area contributed by atoms with Crippen molar-refractivity contribution in [2.24, 2.45) is 27.9 Å². The highest BCUT2D eigenvalue weighted by Crippen LogP contribution is 2.05. The van der Waals surface area contributed by atoms with Gasteiger partial charge in [0.2, 0.25) is 23.6 Å². The Morgan fingerprint density at radius 2 is 1.38 bits per heavy atom. The first-order valence-electron chi connectivity index (χ1n) is 12.1. The van der Waals surface area contributed by atoms with Crippen LogP contribution in [0.3, 0.4) is 0 Å². The fourth-order valence-electron chi connectivity index (χ4n) is 3.53. The van der Waals surface area contributed by atoms with Gasteiger partial charge in [-0.3, -0.25) is 24.2 Å². The molecule has 2 aromatic heterocycles. The minimum Gasteiger partial charge on any atom is -0.480 e. The number of carboxylic acid groups (broad SMARTS) is 1. The molecule has 0 bridgehead atoms. The molecule has 2 rings (SSSR count). The SMILES string of the molecule is NC(=O)CC(NC(=O)C(Cc1cnc[nH]1)NC(=O)C(N)CCCN=C(N)N)C(=O)NC(Cc1cnc[nH]1)C(=O)O. The standard InChI is InChI=1S/C22H34N12O6/c23-13(2-1-3-29-22(25)26)18(36)32-14(4-11-7-27-9-30-11)19(37)33-15(6-17(24)35)20(38)34-16(21(39)40)5-12-8-28-10-31-12/h7-10,13-16H,1-6,23H2,(H2,24,35)(H,27,30)(H,28,31)(H,32,36)(H,33,37)(H,34,38)(H,39,40)(H4,25,26,29). The molecule has 18 nitrogen and oxygen atoms in total. The van der Waals surface area contributed by atoms with Crippen LogP contribution < -0.4 is 38.9 Å². The maximum absolute atomic E-state index is 13.2. The average Bonchev–Trinajstić information content (AvgIpc) is 3.59. The van der Waals surface area contributed by atoms with Gasteiger partial charge < -0.3 is 54.0 Å². The predicted molar refractivity (Wildman–Crippen MR) is 140 cm³/mol. The Balaban J connectivity index is 2.13. The van der Waals surface area contributed by atoms with Crippen LogP contribution in [0.1, 0.15) is 30.7 Å². The van der Waals surface area contributed by atoms with Crippen LogP contribution in [0.4, 0.5) is 0 Å². The Labute approximate surface area is 228 Å².